The molecule has 0 saturated carbocycles. The molecular formula is C21H26O4. The normalized spacial score (nSPS) is 10.8. The van der Waals surface area contributed by atoms with E-state index >= 15 is 0 Å². The number of ether oxygens (including phenoxy) is 2. The zero-order valence-corrected chi connectivity index (χ0v) is 15.6. The molecule has 0 aliphatic rings. The van der Waals surface area contributed by atoms with Gasteiger partial charge in [0.2, 0.25) is 0 Å². The van der Waals surface area contributed by atoms with E-state index in [9.17, 15) is 4.79 Å². The van der Waals surface area contributed by atoms with Crippen LogP contribution in [0.5, 0.6) is 11.5 Å². The van der Waals surface area contributed by atoms with Crippen molar-refractivity contribution in [2.45, 2.75) is 40.0 Å². The molecule has 0 aromatic heterocycles. The van der Waals surface area contributed by atoms with Crippen LogP contribution in [0.3, 0.4) is 0 Å². The second-order valence-electron chi connectivity index (χ2n) is 6.63. The van der Waals surface area contributed by atoms with Crippen molar-refractivity contribution < 1.29 is 19.4 Å². The lowest BCUT2D eigenvalue weighted by atomic mass is 9.93. The van der Waals surface area contributed by atoms with Crippen molar-refractivity contribution in [3.05, 3.63) is 58.1 Å². The number of aryl methyl sites for hydroxylation is 2. The summed E-state index contributed by atoms with van der Waals surface area (Å²) >= 11 is 0. The third kappa shape index (κ3) is 4.75. The van der Waals surface area contributed by atoms with Crippen molar-refractivity contribution in [2.75, 3.05) is 13.7 Å². The number of hydrogen-bond donors (Lipinski definition) is 1. The molecule has 4 nitrogen and oxygen atoms in total. The van der Waals surface area contributed by atoms with Crippen LogP contribution in [-0.2, 0) is 11.2 Å². The van der Waals surface area contributed by atoms with Crippen LogP contribution in [0.15, 0.2) is 30.3 Å². The Balaban J connectivity index is 2.28. The standard InChI is InChI=1S/C21H26O4/c1-13(2)18-10-16(6-7-20(18)24-5)11-19-14(3)8-17(9-15(19)4)25-12-21(22)23/h6-10,13H,11-12H2,1-5H3,(H,22,23). The van der Waals surface area contributed by atoms with Gasteiger partial charge in [0.25, 0.3) is 0 Å². The van der Waals surface area contributed by atoms with Crippen molar-refractivity contribution >= 4 is 5.97 Å². The van der Waals surface area contributed by atoms with E-state index in [2.05, 4.69) is 26.0 Å². The minimum Gasteiger partial charge on any atom is -0.496 e. The number of aliphatic carboxylic acids is 1. The Bertz CT molecular complexity index is 739. The van der Waals surface area contributed by atoms with Crippen LogP contribution in [0, 0.1) is 13.8 Å². The lowest BCUT2D eigenvalue weighted by Crippen LogP contribution is -2.10. The van der Waals surface area contributed by atoms with Crippen molar-refractivity contribution in [2.24, 2.45) is 0 Å². The topological polar surface area (TPSA) is 55.8 Å². The Hall–Kier alpha value is -2.49. The van der Waals surface area contributed by atoms with Gasteiger partial charge in [0.1, 0.15) is 11.5 Å². The fourth-order valence-corrected chi connectivity index (χ4v) is 3.01. The fraction of sp³-hybridized carbons (Fsp3) is 0.381. The molecule has 0 amide bonds. The van der Waals surface area contributed by atoms with Gasteiger partial charge in [0.15, 0.2) is 6.61 Å². The molecule has 2 aromatic rings. The molecule has 0 spiro atoms. The summed E-state index contributed by atoms with van der Waals surface area (Å²) in [4.78, 5) is 10.7. The minimum atomic E-state index is -0.973. The van der Waals surface area contributed by atoms with E-state index in [0.29, 0.717) is 11.7 Å². The number of carboxylic acids is 1. The monoisotopic (exact) mass is 342 g/mol. The quantitative estimate of drug-likeness (QED) is 0.805. The third-order valence-electron chi connectivity index (χ3n) is 4.33. The fourth-order valence-electron chi connectivity index (χ4n) is 3.01. The first kappa shape index (κ1) is 18.8. The summed E-state index contributed by atoms with van der Waals surface area (Å²) in [6, 6.07) is 10.1. The molecule has 25 heavy (non-hydrogen) atoms. The molecule has 2 aromatic carbocycles. The summed E-state index contributed by atoms with van der Waals surface area (Å²) in [7, 11) is 1.70. The van der Waals surface area contributed by atoms with E-state index in [1.54, 1.807) is 7.11 Å². The van der Waals surface area contributed by atoms with Crippen molar-refractivity contribution in [3.63, 3.8) is 0 Å². The lowest BCUT2D eigenvalue weighted by molar-refractivity contribution is -0.139. The Morgan fingerprint density at radius 3 is 2.28 bits per heavy atom. The SMILES string of the molecule is COc1ccc(Cc2c(C)cc(OCC(=O)O)cc2C)cc1C(C)C. The van der Waals surface area contributed by atoms with Crippen molar-refractivity contribution in [1.29, 1.82) is 0 Å². The third-order valence-corrected chi connectivity index (χ3v) is 4.33. The Morgan fingerprint density at radius 2 is 1.76 bits per heavy atom. The molecule has 0 atom stereocenters. The largest absolute Gasteiger partial charge is 0.496 e. The van der Waals surface area contributed by atoms with Crippen LogP contribution in [0.25, 0.3) is 0 Å². The molecule has 134 valence electrons. The summed E-state index contributed by atoms with van der Waals surface area (Å²) in [6.07, 6.45) is 0.820. The second-order valence-corrected chi connectivity index (χ2v) is 6.63. The molecule has 0 unspecified atom stereocenters. The van der Waals surface area contributed by atoms with Gasteiger partial charge in [-0.1, -0.05) is 26.0 Å². The maximum Gasteiger partial charge on any atom is 0.341 e. The first-order valence-corrected chi connectivity index (χ1v) is 8.43. The predicted octanol–water partition coefficient (Wildman–Crippen LogP) is 4.49. The average molecular weight is 342 g/mol. The molecule has 0 bridgehead atoms. The average Bonchev–Trinajstić information content (AvgIpc) is 2.56. The number of benzene rings is 2. The summed E-state index contributed by atoms with van der Waals surface area (Å²) in [5, 5.41) is 8.74. The van der Waals surface area contributed by atoms with Crippen molar-refractivity contribution in [3.8, 4) is 11.5 Å². The zero-order valence-electron chi connectivity index (χ0n) is 15.6. The maximum atomic E-state index is 10.7. The molecule has 2 rings (SSSR count). The lowest BCUT2D eigenvalue weighted by Gasteiger charge is -2.16. The summed E-state index contributed by atoms with van der Waals surface area (Å²) in [5.74, 6) is 0.936. The predicted molar refractivity (Wildman–Crippen MR) is 98.9 cm³/mol. The van der Waals surface area contributed by atoms with Gasteiger partial charge in [0.05, 0.1) is 7.11 Å². The Kier molecular flexibility index (Phi) is 6.07. The highest BCUT2D eigenvalue weighted by atomic mass is 16.5. The molecule has 0 fully saturated rings. The van der Waals surface area contributed by atoms with Crippen LogP contribution in [0.1, 0.15) is 47.6 Å². The first-order chi connectivity index (χ1) is 11.8. The van der Waals surface area contributed by atoms with Crippen LogP contribution < -0.4 is 9.47 Å². The molecule has 0 aliphatic heterocycles. The summed E-state index contributed by atoms with van der Waals surface area (Å²) in [6.45, 7) is 8.06. The van der Waals surface area contributed by atoms with Gasteiger partial charge >= 0.3 is 5.97 Å². The highest BCUT2D eigenvalue weighted by Crippen LogP contribution is 2.30. The van der Waals surface area contributed by atoms with E-state index < -0.39 is 5.97 Å². The van der Waals surface area contributed by atoms with Gasteiger partial charge in [0, 0.05) is 0 Å². The highest BCUT2D eigenvalue weighted by molar-refractivity contribution is 5.68. The van der Waals surface area contributed by atoms with E-state index in [1.165, 1.54) is 16.7 Å². The van der Waals surface area contributed by atoms with E-state index in [4.69, 9.17) is 14.6 Å². The van der Waals surface area contributed by atoms with Crippen LogP contribution >= 0.6 is 0 Å². The molecule has 0 heterocycles. The first-order valence-electron chi connectivity index (χ1n) is 8.43. The van der Waals surface area contributed by atoms with Crippen LogP contribution in [-0.4, -0.2) is 24.8 Å². The number of rotatable bonds is 7. The number of carbonyl (C=O) groups is 1. The van der Waals surface area contributed by atoms with E-state index in [0.717, 1.165) is 23.3 Å². The van der Waals surface area contributed by atoms with Gasteiger partial charge in [-0.3, -0.25) is 0 Å². The molecule has 0 aliphatic carbocycles. The summed E-state index contributed by atoms with van der Waals surface area (Å²) < 4.78 is 10.8. The van der Waals surface area contributed by atoms with Gasteiger partial charge < -0.3 is 14.6 Å². The van der Waals surface area contributed by atoms with Gasteiger partial charge in [-0.25, -0.2) is 4.79 Å². The maximum absolute atomic E-state index is 10.7. The van der Waals surface area contributed by atoms with Gasteiger partial charge in [-0.05, 0) is 72.2 Å². The second kappa shape index (κ2) is 8.06. The summed E-state index contributed by atoms with van der Waals surface area (Å²) in [5.41, 5.74) is 5.87. The van der Waals surface area contributed by atoms with Crippen LogP contribution in [0.4, 0.5) is 0 Å². The Morgan fingerprint density at radius 1 is 1.12 bits per heavy atom. The van der Waals surface area contributed by atoms with Crippen molar-refractivity contribution in [1.82, 2.24) is 0 Å². The Labute approximate surface area is 149 Å². The molecule has 1 N–H and O–H groups in total. The molecule has 0 saturated heterocycles. The highest BCUT2D eigenvalue weighted by Gasteiger charge is 2.12. The number of carboxylic acid groups (broad SMARTS) is 1. The number of methoxy groups -OCH3 is 1. The molecule has 4 heteroatoms. The van der Waals surface area contributed by atoms with E-state index in [-0.39, 0.29) is 6.61 Å². The molecule has 0 radical (unpaired) electrons. The van der Waals surface area contributed by atoms with Gasteiger partial charge in [-0.15, -0.1) is 0 Å². The smallest absolute Gasteiger partial charge is 0.341 e. The van der Waals surface area contributed by atoms with Gasteiger partial charge in [-0.2, -0.15) is 0 Å². The zero-order chi connectivity index (χ0) is 18.6. The van der Waals surface area contributed by atoms with E-state index in [1.807, 2.05) is 32.0 Å². The minimum absolute atomic E-state index is 0.325. The number of hydrogen-bond acceptors (Lipinski definition) is 3. The molecular weight excluding hydrogens is 316 g/mol. The van der Waals surface area contributed by atoms with Crippen LogP contribution in [0.2, 0.25) is 0 Å².